The highest BCUT2D eigenvalue weighted by atomic mass is 16.5. The highest BCUT2D eigenvalue weighted by Crippen LogP contribution is 2.22. The Morgan fingerprint density at radius 3 is 2.72 bits per heavy atom. The molecule has 1 aliphatic rings. The van der Waals surface area contributed by atoms with Gasteiger partial charge >= 0.3 is 0 Å². The van der Waals surface area contributed by atoms with Crippen LogP contribution in [-0.2, 0) is 0 Å². The van der Waals surface area contributed by atoms with Gasteiger partial charge in [0, 0.05) is 19.6 Å². The van der Waals surface area contributed by atoms with Gasteiger partial charge in [-0.05, 0) is 44.5 Å². The standard InChI is InChI=1S/C15H24N2O/c1-13-5-3-6-14(2)15(13)18-12-11-17-9-4-7-16-8-10-17/h3,5-6,16H,4,7-12H2,1-2H3. The smallest absolute Gasteiger partial charge is 0.125 e. The van der Waals surface area contributed by atoms with E-state index in [1.54, 1.807) is 0 Å². The Morgan fingerprint density at radius 1 is 1.17 bits per heavy atom. The maximum Gasteiger partial charge on any atom is 0.125 e. The number of para-hydroxylation sites is 1. The first-order chi connectivity index (χ1) is 8.77. The lowest BCUT2D eigenvalue weighted by Gasteiger charge is -2.20. The van der Waals surface area contributed by atoms with E-state index in [1.807, 2.05) is 0 Å². The minimum Gasteiger partial charge on any atom is -0.492 e. The fourth-order valence-electron chi connectivity index (χ4n) is 2.43. The van der Waals surface area contributed by atoms with E-state index in [2.05, 4.69) is 42.3 Å². The molecule has 1 N–H and O–H groups in total. The van der Waals surface area contributed by atoms with E-state index in [0.29, 0.717) is 0 Å². The van der Waals surface area contributed by atoms with Gasteiger partial charge in [-0.2, -0.15) is 0 Å². The molecule has 1 heterocycles. The van der Waals surface area contributed by atoms with Crippen molar-refractivity contribution in [3.05, 3.63) is 29.3 Å². The molecule has 0 spiro atoms. The summed E-state index contributed by atoms with van der Waals surface area (Å²) >= 11 is 0. The topological polar surface area (TPSA) is 24.5 Å². The van der Waals surface area contributed by atoms with Crippen LogP contribution in [0, 0.1) is 13.8 Å². The minimum atomic E-state index is 0.783. The Balaban J connectivity index is 1.80. The van der Waals surface area contributed by atoms with Crippen molar-refractivity contribution in [3.63, 3.8) is 0 Å². The van der Waals surface area contributed by atoms with Gasteiger partial charge in [0.2, 0.25) is 0 Å². The fourth-order valence-corrected chi connectivity index (χ4v) is 2.43. The largest absolute Gasteiger partial charge is 0.492 e. The van der Waals surface area contributed by atoms with Gasteiger partial charge in [0.1, 0.15) is 12.4 Å². The zero-order valence-electron chi connectivity index (χ0n) is 11.5. The van der Waals surface area contributed by atoms with Crippen molar-refractivity contribution in [3.8, 4) is 5.75 Å². The molecule has 1 aromatic carbocycles. The molecular formula is C15H24N2O. The fraction of sp³-hybridized carbons (Fsp3) is 0.600. The van der Waals surface area contributed by atoms with Crippen molar-refractivity contribution in [2.75, 3.05) is 39.3 Å². The Labute approximate surface area is 110 Å². The van der Waals surface area contributed by atoms with Gasteiger partial charge in [-0.25, -0.2) is 0 Å². The monoisotopic (exact) mass is 248 g/mol. The molecule has 100 valence electrons. The van der Waals surface area contributed by atoms with Crippen LogP contribution in [0.4, 0.5) is 0 Å². The number of benzene rings is 1. The van der Waals surface area contributed by atoms with Crippen LogP contribution in [0.2, 0.25) is 0 Å². The van der Waals surface area contributed by atoms with Gasteiger partial charge < -0.3 is 10.1 Å². The van der Waals surface area contributed by atoms with E-state index in [0.717, 1.165) is 38.5 Å². The predicted molar refractivity (Wildman–Crippen MR) is 75.3 cm³/mol. The molecule has 0 aromatic heterocycles. The van der Waals surface area contributed by atoms with Crippen LogP contribution in [0.15, 0.2) is 18.2 Å². The summed E-state index contributed by atoms with van der Waals surface area (Å²) in [4.78, 5) is 2.48. The normalized spacial score (nSPS) is 17.4. The summed E-state index contributed by atoms with van der Waals surface area (Å²) < 4.78 is 5.95. The predicted octanol–water partition coefficient (Wildman–Crippen LogP) is 1.98. The highest BCUT2D eigenvalue weighted by molar-refractivity contribution is 5.39. The van der Waals surface area contributed by atoms with Gasteiger partial charge in [-0.15, -0.1) is 0 Å². The third-order valence-electron chi connectivity index (χ3n) is 3.50. The molecule has 3 nitrogen and oxygen atoms in total. The molecule has 0 radical (unpaired) electrons. The zero-order valence-corrected chi connectivity index (χ0v) is 11.5. The number of hydrogen-bond acceptors (Lipinski definition) is 3. The highest BCUT2D eigenvalue weighted by Gasteiger charge is 2.09. The van der Waals surface area contributed by atoms with E-state index >= 15 is 0 Å². The molecule has 1 saturated heterocycles. The SMILES string of the molecule is Cc1cccc(C)c1OCCN1CCCNCC1. The lowest BCUT2D eigenvalue weighted by molar-refractivity contribution is 0.216. The van der Waals surface area contributed by atoms with Gasteiger partial charge in [-0.1, -0.05) is 18.2 Å². The third-order valence-corrected chi connectivity index (χ3v) is 3.50. The quantitative estimate of drug-likeness (QED) is 0.882. The van der Waals surface area contributed by atoms with Crippen LogP contribution in [0.1, 0.15) is 17.5 Å². The summed E-state index contributed by atoms with van der Waals surface area (Å²) in [5.41, 5.74) is 2.46. The van der Waals surface area contributed by atoms with Crippen LogP contribution in [0.3, 0.4) is 0 Å². The second-order valence-corrected chi connectivity index (χ2v) is 5.01. The van der Waals surface area contributed by atoms with E-state index in [9.17, 15) is 0 Å². The molecule has 1 aliphatic heterocycles. The summed E-state index contributed by atoms with van der Waals surface area (Å²) in [5, 5.41) is 3.42. The molecule has 2 rings (SSSR count). The van der Waals surface area contributed by atoms with Gasteiger partial charge in [0.25, 0.3) is 0 Å². The van der Waals surface area contributed by atoms with Crippen molar-refractivity contribution in [2.45, 2.75) is 20.3 Å². The van der Waals surface area contributed by atoms with Crippen LogP contribution in [-0.4, -0.2) is 44.2 Å². The first-order valence-corrected chi connectivity index (χ1v) is 6.89. The molecule has 0 amide bonds. The van der Waals surface area contributed by atoms with Crippen molar-refractivity contribution < 1.29 is 4.74 Å². The Hall–Kier alpha value is -1.06. The van der Waals surface area contributed by atoms with E-state index in [-0.39, 0.29) is 0 Å². The number of nitrogens with zero attached hydrogens (tertiary/aromatic N) is 1. The van der Waals surface area contributed by atoms with Crippen LogP contribution in [0.5, 0.6) is 5.75 Å². The molecule has 0 unspecified atom stereocenters. The first-order valence-electron chi connectivity index (χ1n) is 6.89. The van der Waals surface area contributed by atoms with Crippen molar-refractivity contribution in [2.24, 2.45) is 0 Å². The van der Waals surface area contributed by atoms with Crippen molar-refractivity contribution >= 4 is 0 Å². The Bertz CT molecular complexity index is 351. The zero-order chi connectivity index (χ0) is 12.8. The lowest BCUT2D eigenvalue weighted by atomic mass is 10.1. The Kier molecular flexibility index (Phi) is 5.02. The molecule has 0 atom stereocenters. The maximum atomic E-state index is 5.95. The molecule has 0 saturated carbocycles. The van der Waals surface area contributed by atoms with Crippen molar-refractivity contribution in [1.29, 1.82) is 0 Å². The summed E-state index contributed by atoms with van der Waals surface area (Å²) in [6, 6.07) is 6.30. The number of rotatable bonds is 4. The second-order valence-electron chi connectivity index (χ2n) is 5.01. The number of nitrogens with one attached hydrogen (secondary N) is 1. The molecule has 3 heteroatoms. The number of aryl methyl sites for hydroxylation is 2. The summed E-state index contributed by atoms with van der Waals surface area (Å²) in [6.07, 6.45) is 1.24. The summed E-state index contributed by atoms with van der Waals surface area (Å²) in [5.74, 6) is 1.06. The molecule has 0 aliphatic carbocycles. The van der Waals surface area contributed by atoms with E-state index < -0.39 is 0 Å². The Morgan fingerprint density at radius 2 is 1.94 bits per heavy atom. The lowest BCUT2D eigenvalue weighted by Crippen LogP contribution is -2.32. The molecular weight excluding hydrogens is 224 g/mol. The number of hydrogen-bond donors (Lipinski definition) is 1. The van der Waals surface area contributed by atoms with Crippen LogP contribution in [0.25, 0.3) is 0 Å². The number of ether oxygens (including phenoxy) is 1. The van der Waals surface area contributed by atoms with Crippen LogP contribution >= 0.6 is 0 Å². The molecule has 1 aromatic rings. The molecule has 0 bridgehead atoms. The minimum absolute atomic E-state index is 0.783. The second kappa shape index (κ2) is 6.76. The summed E-state index contributed by atoms with van der Waals surface area (Å²) in [6.45, 7) is 10.6. The van der Waals surface area contributed by atoms with Gasteiger partial charge in [0.15, 0.2) is 0 Å². The average molecular weight is 248 g/mol. The van der Waals surface area contributed by atoms with Gasteiger partial charge in [-0.3, -0.25) is 4.90 Å². The summed E-state index contributed by atoms with van der Waals surface area (Å²) in [7, 11) is 0. The average Bonchev–Trinajstić information content (AvgIpc) is 2.61. The maximum absolute atomic E-state index is 5.95. The molecule has 1 fully saturated rings. The molecule has 18 heavy (non-hydrogen) atoms. The van der Waals surface area contributed by atoms with Crippen molar-refractivity contribution in [1.82, 2.24) is 10.2 Å². The van der Waals surface area contributed by atoms with E-state index in [1.165, 1.54) is 24.1 Å². The third kappa shape index (κ3) is 3.72. The van der Waals surface area contributed by atoms with Crippen LogP contribution < -0.4 is 10.1 Å². The first kappa shape index (κ1) is 13.4. The van der Waals surface area contributed by atoms with E-state index in [4.69, 9.17) is 4.74 Å². The van der Waals surface area contributed by atoms with Gasteiger partial charge in [0.05, 0.1) is 0 Å².